The molecule has 0 spiro atoms. The van der Waals surface area contributed by atoms with Gasteiger partial charge < -0.3 is 5.11 Å². The zero-order chi connectivity index (χ0) is 15.0. The quantitative estimate of drug-likeness (QED) is 0.931. The van der Waals surface area contributed by atoms with E-state index in [4.69, 9.17) is 0 Å². The predicted octanol–water partition coefficient (Wildman–Crippen LogP) is 2.52. The van der Waals surface area contributed by atoms with Gasteiger partial charge in [0.15, 0.2) is 9.84 Å². The van der Waals surface area contributed by atoms with Gasteiger partial charge in [0.2, 0.25) is 0 Å². The van der Waals surface area contributed by atoms with Crippen LogP contribution < -0.4 is 0 Å². The maximum atomic E-state index is 14.2. The van der Waals surface area contributed by atoms with Gasteiger partial charge in [0.1, 0.15) is 5.82 Å². The molecule has 1 aliphatic carbocycles. The number of benzene rings is 1. The normalized spacial score (nSPS) is 18.7. The second-order valence-electron chi connectivity index (χ2n) is 5.36. The number of hydrogen-bond donors (Lipinski definition) is 1. The SMILES string of the molecule is CS(=O)(=O)c1ccc(C2(C(=O)O)CCCCC2)c(F)c1. The fourth-order valence-corrected chi connectivity index (χ4v) is 3.50. The third-order valence-electron chi connectivity index (χ3n) is 4.00. The molecule has 2 rings (SSSR count). The smallest absolute Gasteiger partial charge is 0.314 e. The van der Waals surface area contributed by atoms with Gasteiger partial charge >= 0.3 is 5.97 Å². The Hall–Kier alpha value is -1.43. The molecule has 1 N–H and O–H groups in total. The molecule has 0 bridgehead atoms. The molecule has 4 nitrogen and oxygen atoms in total. The van der Waals surface area contributed by atoms with Gasteiger partial charge in [0.25, 0.3) is 0 Å². The molecule has 1 aliphatic rings. The molecule has 0 aliphatic heterocycles. The minimum Gasteiger partial charge on any atom is -0.481 e. The van der Waals surface area contributed by atoms with E-state index in [1.807, 2.05) is 0 Å². The van der Waals surface area contributed by atoms with Crippen molar-refractivity contribution in [3.05, 3.63) is 29.6 Å². The van der Waals surface area contributed by atoms with Gasteiger partial charge in [-0.25, -0.2) is 12.8 Å². The van der Waals surface area contributed by atoms with E-state index in [1.165, 1.54) is 12.1 Å². The van der Waals surface area contributed by atoms with Crippen molar-refractivity contribution in [2.75, 3.05) is 6.26 Å². The first kappa shape index (κ1) is 15.0. The zero-order valence-corrected chi connectivity index (χ0v) is 12.0. The van der Waals surface area contributed by atoms with E-state index in [2.05, 4.69) is 0 Å². The summed E-state index contributed by atoms with van der Waals surface area (Å²) in [4.78, 5) is 11.5. The maximum absolute atomic E-state index is 14.2. The first-order chi connectivity index (χ1) is 9.27. The summed E-state index contributed by atoms with van der Waals surface area (Å²) in [5, 5.41) is 9.51. The summed E-state index contributed by atoms with van der Waals surface area (Å²) in [5.41, 5.74) is -1.13. The molecule has 0 saturated heterocycles. The van der Waals surface area contributed by atoms with Gasteiger partial charge in [-0.1, -0.05) is 25.3 Å². The standard InChI is InChI=1S/C14H17FO4S/c1-20(18,19)10-5-6-11(12(15)9-10)14(13(16)17)7-3-2-4-8-14/h5-6,9H,2-4,7-8H2,1H3,(H,16,17). The van der Waals surface area contributed by atoms with E-state index in [0.29, 0.717) is 12.8 Å². The average Bonchev–Trinajstić information content (AvgIpc) is 2.38. The van der Waals surface area contributed by atoms with Crippen molar-refractivity contribution < 1.29 is 22.7 Å². The van der Waals surface area contributed by atoms with Crippen LogP contribution in [0, 0.1) is 5.82 Å². The average molecular weight is 300 g/mol. The largest absolute Gasteiger partial charge is 0.481 e. The maximum Gasteiger partial charge on any atom is 0.314 e. The van der Waals surface area contributed by atoms with Crippen LogP contribution in [0.3, 0.4) is 0 Å². The molecule has 0 heterocycles. The topological polar surface area (TPSA) is 71.4 Å². The molecule has 1 aromatic rings. The van der Waals surface area contributed by atoms with Gasteiger partial charge in [-0.2, -0.15) is 0 Å². The lowest BCUT2D eigenvalue weighted by Crippen LogP contribution is -2.38. The Balaban J connectivity index is 2.53. The second kappa shape index (κ2) is 5.16. The van der Waals surface area contributed by atoms with Gasteiger partial charge in [0.05, 0.1) is 10.3 Å². The molecule has 0 aromatic heterocycles. The molecule has 20 heavy (non-hydrogen) atoms. The highest BCUT2D eigenvalue weighted by Crippen LogP contribution is 2.41. The predicted molar refractivity (Wildman–Crippen MR) is 71.9 cm³/mol. The van der Waals surface area contributed by atoms with Gasteiger partial charge in [-0.3, -0.25) is 4.79 Å². The minimum atomic E-state index is -3.50. The Morgan fingerprint density at radius 1 is 1.25 bits per heavy atom. The van der Waals surface area contributed by atoms with E-state index in [9.17, 15) is 22.7 Å². The monoisotopic (exact) mass is 300 g/mol. The summed E-state index contributed by atoms with van der Waals surface area (Å²) in [6, 6.07) is 3.52. The third kappa shape index (κ3) is 2.57. The number of aliphatic carboxylic acids is 1. The first-order valence-corrected chi connectivity index (χ1v) is 8.40. The molecule has 110 valence electrons. The lowest BCUT2D eigenvalue weighted by Gasteiger charge is -2.33. The molecule has 0 atom stereocenters. The van der Waals surface area contributed by atoms with Crippen LogP contribution in [0.15, 0.2) is 23.1 Å². The van der Waals surface area contributed by atoms with Crippen LogP contribution >= 0.6 is 0 Å². The molecule has 1 aromatic carbocycles. The number of carbonyl (C=O) groups is 1. The van der Waals surface area contributed by atoms with Crippen LogP contribution in [-0.4, -0.2) is 25.7 Å². The van der Waals surface area contributed by atoms with Crippen molar-refractivity contribution in [3.8, 4) is 0 Å². The summed E-state index contributed by atoms with van der Waals surface area (Å²) in [6.07, 6.45) is 4.18. The van der Waals surface area contributed by atoms with Crippen molar-refractivity contribution in [1.82, 2.24) is 0 Å². The highest BCUT2D eigenvalue weighted by atomic mass is 32.2. The Bertz CT molecular complexity index is 631. The van der Waals surface area contributed by atoms with Gasteiger partial charge in [-0.15, -0.1) is 0 Å². The van der Waals surface area contributed by atoms with Crippen molar-refractivity contribution in [3.63, 3.8) is 0 Å². The Labute approximate surface area is 117 Å². The molecule has 1 saturated carbocycles. The lowest BCUT2D eigenvalue weighted by atomic mass is 9.69. The molecule has 0 amide bonds. The lowest BCUT2D eigenvalue weighted by molar-refractivity contribution is -0.145. The van der Waals surface area contributed by atoms with Crippen LogP contribution in [-0.2, 0) is 20.0 Å². The van der Waals surface area contributed by atoms with E-state index in [-0.39, 0.29) is 10.5 Å². The Morgan fingerprint density at radius 2 is 1.85 bits per heavy atom. The van der Waals surface area contributed by atoms with Gasteiger partial charge in [0, 0.05) is 11.8 Å². The van der Waals surface area contributed by atoms with Crippen LogP contribution in [0.25, 0.3) is 0 Å². The molecular weight excluding hydrogens is 283 g/mol. The van der Waals surface area contributed by atoms with E-state index in [1.54, 1.807) is 0 Å². The van der Waals surface area contributed by atoms with Crippen LogP contribution in [0.5, 0.6) is 0 Å². The fraction of sp³-hybridized carbons (Fsp3) is 0.500. The Kier molecular flexibility index (Phi) is 3.86. The summed E-state index contributed by atoms with van der Waals surface area (Å²) in [5.74, 6) is -1.79. The van der Waals surface area contributed by atoms with Gasteiger partial charge in [-0.05, 0) is 25.0 Å². The van der Waals surface area contributed by atoms with Crippen LogP contribution in [0.2, 0.25) is 0 Å². The zero-order valence-electron chi connectivity index (χ0n) is 11.2. The summed E-state index contributed by atoms with van der Waals surface area (Å²) in [6.45, 7) is 0. The molecule has 0 radical (unpaired) electrons. The van der Waals surface area contributed by atoms with Crippen molar-refractivity contribution in [1.29, 1.82) is 0 Å². The summed E-state index contributed by atoms with van der Waals surface area (Å²) in [7, 11) is -3.50. The number of carboxylic acids is 1. The van der Waals surface area contributed by atoms with E-state index >= 15 is 0 Å². The van der Waals surface area contributed by atoms with E-state index < -0.39 is 27.0 Å². The molecule has 6 heteroatoms. The van der Waals surface area contributed by atoms with Crippen molar-refractivity contribution in [2.45, 2.75) is 42.4 Å². The van der Waals surface area contributed by atoms with Crippen molar-refractivity contribution >= 4 is 15.8 Å². The fourth-order valence-electron chi connectivity index (χ4n) is 2.87. The highest BCUT2D eigenvalue weighted by Gasteiger charge is 2.43. The number of hydrogen-bond acceptors (Lipinski definition) is 3. The number of sulfone groups is 1. The molecule has 1 fully saturated rings. The Morgan fingerprint density at radius 3 is 2.30 bits per heavy atom. The number of rotatable bonds is 3. The van der Waals surface area contributed by atoms with Crippen LogP contribution in [0.1, 0.15) is 37.7 Å². The summed E-state index contributed by atoms with van der Waals surface area (Å²) >= 11 is 0. The highest BCUT2D eigenvalue weighted by molar-refractivity contribution is 7.90. The minimum absolute atomic E-state index is 0.0945. The van der Waals surface area contributed by atoms with Crippen molar-refractivity contribution in [2.24, 2.45) is 0 Å². The second-order valence-corrected chi connectivity index (χ2v) is 7.38. The van der Waals surface area contributed by atoms with E-state index in [0.717, 1.165) is 31.6 Å². The molecule has 0 unspecified atom stereocenters. The third-order valence-corrected chi connectivity index (χ3v) is 5.11. The number of carboxylic acid groups (broad SMARTS) is 1. The summed E-state index contributed by atoms with van der Waals surface area (Å²) < 4.78 is 37.0. The molecular formula is C14H17FO4S. The first-order valence-electron chi connectivity index (χ1n) is 6.51. The van der Waals surface area contributed by atoms with Crippen LogP contribution in [0.4, 0.5) is 4.39 Å². The number of halogens is 1.